The number of rotatable bonds is 2. The molecular formula is C14H18N2. The molecule has 0 amide bonds. The van der Waals surface area contributed by atoms with E-state index < -0.39 is 0 Å². The number of nitrogens with two attached hydrogens (primary N) is 2. The normalized spacial score (nSPS) is 24.9. The van der Waals surface area contributed by atoms with Gasteiger partial charge in [-0.05, 0) is 30.1 Å². The lowest BCUT2D eigenvalue weighted by atomic mass is 9.78. The molecule has 1 aromatic carbocycles. The van der Waals surface area contributed by atoms with Crippen molar-refractivity contribution in [2.45, 2.75) is 25.3 Å². The maximum absolute atomic E-state index is 6.43. The molecule has 0 spiro atoms. The van der Waals surface area contributed by atoms with Gasteiger partial charge < -0.3 is 11.5 Å². The van der Waals surface area contributed by atoms with Crippen molar-refractivity contribution in [2.24, 2.45) is 11.5 Å². The Balaban J connectivity index is 2.47. The summed E-state index contributed by atoms with van der Waals surface area (Å²) >= 11 is 0. The maximum atomic E-state index is 6.43. The van der Waals surface area contributed by atoms with Gasteiger partial charge in [-0.15, -0.1) is 0 Å². The highest BCUT2D eigenvalue weighted by atomic mass is 14.8. The van der Waals surface area contributed by atoms with Crippen molar-refractivity contribution in [1.29, 1.82) is 0 Å². The van der Waals surface area contributed by atoms with E-state index in [1.165, 1.54) is 5.56 Å². The van der Waals surface area contributed by atoms with E-state index in [2.05, 4.69) is 19.1 Å². The first-order chi connectivity index (χ1) is 7.65. The van der Waals surface area contributed by atoms with Gasteiger partial charge in [0.25, 0.3) is 0 Å². The van der Waals surface area contributed by atoms with Crippen LogP contribution in [0.2, 0.25) is 0 Å². The van der Waals surface area contributed by atoms with Gasteiger partial charge in [0, 0.05) is 11.2 Å². The van der Waals surface area contributed by atoms with Gasteiger partial charge in [-0.25, -0.2) is 0 Å². The molecule has 0 saturated heterocycles. The molecule has 0 fully saturated rings. The molecule has 0 saturated carbocycles. The Labute approximate surface area is 96.6 Å². The van der Waals surface area contributed by atoms with Crippen molar-refractivity contribution < 1.29 is 0 Å². The van der Waals surface area contributed by atoms with Gasteiger partial charge in [-0.3, -0.25) is 0 Å². The molecule has 0 heterocycles. The van der Waals surface area contributed by atoms with Gasteiger partial charge in [0.05, 0.1) is 0 Å². The van der Waals surface area contributed by atoms with E-state index in [0.29, 0.717) is 0 Å². The molecule has 1 aliphatic carbocycles. The molecular weight excluding hydrogens is 196 g/mol. The second kappa shape index (κ2) is 4.14. The summed E-state index contributed by atoms with van der Waals surface area (Å²) in [4.78, 5) is 0. The number of benzene rings is 1. The molecule has 0 bridgehead atoms. The Morgan fingerprint density at radius 3 is 2.56 bits per heavy atom. The Kier molecular flexibility index (Phi) is 2.84. The van der Waals surface area contributed by atoms with E-state index in [0.717, 1.165) is 24.1 Å². The number of hydrogen-bond acceptors (Lipinski definition) is 2. The van der Waals surface area contributed by atoms with Crippen LogP contribution >= 0.6 is 0 Å². The first-order valence-corrected chi connectivity index (χ1v) is 5.68. The van der Waals surface area contributed by atoms with E-state index in [-0.39, 0.29) is 5.54 Å². The minimum atomic E-state index is -0.274. The number of hydrogen-bond donors (Lipinski definition) is 2. The summed E-state index contributed by atoms with van der Waals surface area (Å²) in [6, 6.07) is 10.2. The van der Waals surface area contributed by atoms with Crippen LogP contribution in [0.4, 0.5) is 0 Å². The van der Waals surface area contributed by atoms with Crippen LogP contribution in [0.5, 0.6) is 0 Å². The summed E-state index contributed by atoms with van der Waals surface area (Å²) in [5, 5.41) is 0. The SMILES string of the molecule is CC[C@@]1(N)CC=C(N)C=C1c1ccccc1. The topological polar surface area (TPSA) is 52.0 Å². The molecule has 2 heteroatoms. The minimum Gasteiger partial charge on any atom is -0.399 e. The molecule has 2 nitrogen and oxygen atoms in total. The third-order valence-electron chi connectivity index (χ3n) is 3.27. The molecule has 0 aliphatic heterocycles. The first-order valence-electron chi connectivity index (χ1n) is 5.68. The van der Waals surface area contributed by atoms with Crippen molar-refractivity contribution in [1.82, 2.24) is 0 Å². The van der Waals surface area contributed by atoms with Crippen molar-refractivity contribution >= 4 is 5.57 Å². The molecule has 0 radical (unpaired) electrons. The lowest BCUT2D eigenvalue weighted by Crippen LogP contribution is -2.41. The van der Waals surface area contributed by atoms with Crippen LogP contribution in [-0.2, 0) is 0 Å². The van der Waals surface area contributed by atoms with Gasteiger partial charge in [-0.2, -0.15) is 0 Å². The highest BCUT2D eigenvalue weighted by molar-refractivity contribution is 5.76. The highest BCUT2D eigenvalue weighted by Gasteiger charge is 2.29. The molecule has 1 atom stereocenters. The highest BCUT2D eigenvalue weighted by Crippen LogP contribution is 2.34. The Hall–Kier alpha value is -1.54. The average Bonchev–Trinajstić information content (AvgIpc) is 2.33. The van der Waals surface area contributed by atoms with Gasteiger partial charge in [-0.1, -0.05) is 43.3 Å². The van der Waals surface area contributed by atoms with Crippen LogP contribution in [0.3, 0.4) is 0 Å². The Morgan fingerprint density at radius 1 is 1.25 bits per heavy atom. The summed E-state index contributed by atoms with van der Waals surface area (Å²) in [6.07, 6.45) is 5.74. The van der Waals surface area contributed by atoms with Gasteiger partial charge in [0.1, 0.15) is 0 Å². The Bertz CT molecular complexity index is 431. The largest absolute Gasteiger partial charge is 0.399 e. The average molecular weight is 214 g/mol. The molecule has 4 N–H and O–H groups in total. The van der Waals surface area contributed by atoms with Crippen LogP contribution in [0, 0.1) is 0 Å². The first kappa shape index (κ1) is 11.0. The fourth-order valence-electron chi connectivity index (χ4n) is 2.10. The second-order valence-corrected chi connectivity index (χ2v) is 4.34. The van der Waals surface area contributed by atoms with Crippen LogP contribution in [0.25, 0.3) is 5.57 Å². The smallest absolute Gasteiger partial charge is 0.0449 e. The third-order valence-corrected chi connectivity index (χ3v) is 3.27. The van der Waals surface area contributed by atoms with Crippen LogP contribution in [0.15, 0.2) is 48.2 Å². The summed E-state index contributed by atoms with van der Waals surface area (Å²) < 4.78 is 0. The van der Waals surface area contributed by atoms with Crippen molar-refractivity contribution in [3.8, 4) is 0 Å². The van der Waals surface area contributed by atoms with Crippen LogP contribution in [-0.4, -0.2) is 5.54 Å². The van der Waals surface area contributed by atoms with Gasteiger partial charge in [0.2, 0.25) is 0 Å². The van der Waals surface area contributed by atoms with Crippen molar-refractivity contribution in [2.75, 3.05) is 0 Å². The van der Waals surface area contributed by atoms with E-state index in [1.54, 1.807) is 0 Å². The Morgan fingerprint density at radius 2 is 1.94 bits per heavy atom. The van der Waals surface area contributed by atoms with E-state index in [4.69, 9.17) is 11.5 Å². The number of allylic oxidation sites excluding steroid dienone is 1. The molecule has 0 aromatic heterocycles. The second-order valence-electron chi connectivity index (χ2n) is 4.34. The lowest BCUT2D eigenvalue weighted by Gasteiger charge is -2.33. The van der Waals surface area contributed by atoms with Crippen molar-refractivity contribution in [3.63, 3.8) is 0 Å². The zero-order valence-electron chi connectivity index (χ0n) is 9.61. The summed E-state index contributed by atoms with van der Waals surface area (Å²) in [6.45, 7) is 2.12. The maximum Gasteiger partial charge on any atom is 0.0449 e. The van der Waals surface area contributed by atoms with Crippen molar-refractivity contribution in [3.05, 3.63) is 53.7 Å². The van der Waals surface area contributed by atoms with E-state index in [9.17, 15) is 0 Å². The molecule has 1 aromatic rings. The summed E-state index contributed by atoms with van der Waals surface area (Å²) in [5.41, 5.74) is 15.2. The van der Waals surface area contributed by atoms with Crippen LogP contribution in [0.1, 0.15) is 25.3 Å². The van der Waals surface area contributed by atoms with E-state index >= 15 is 0 Å². The predicted octanol–water partition coefficient (Wildman–Crippen LogP) is 2.42. The monoisotopic (exact) mass is 214 g/mol. The standard InChI is InChI=1S/C14H18N2/c1-2-14(16)9-8-12(15)10-13(14)11-6-4-3-5-7-11/h3-8,10H,2,9,15-16H2,1H3/t14-/m1/s1. The molecule has 2 rings (SSSR count). The van der Waals surface area contributed by atoms with Gasteiger partial charge in [0.15, 0.2) is 0 Å². The summed E-state index contributed by atoms with van der Waals surface area (Å²) in [7, 11) is 0. The third kappa shape index (κ3) is 1.89. The molecule has 16 heavy (non-hydrogen) atoms. The lowest BCUT2D eigenvalue weighted by molar-refractivity contribution is 0.528. The fourth-order valence-corrected chi connectivity index (χ4v) is 2.10. The van der Waals surface area contributed by atoms with Gasteiger partial charge >= 0.3 is 0 Å². The van der Waals surface area contributed by atoms with E-state index in [1.807, 2.05) is 30.4 Å². The predicted molar refractivity (Wildman–Crippen MR) is 68.5 cm³/mol. The molecule has 1 aliphatic rings. The fraction of sp³-hybridized carbons (Fsp3) is 0.286. The quantitative estimate of drug-likeness (QED) is 0.794. The zero-order chi connectivity index (χ0) is 11.6. The zero-order valence-corrected chi connectivity index (χ0v) is 9.61. The summed E-state index contributed by atoms with van der Waals surface area (Å²) in [5.74, 6) is 0. The molecule has 0 unspecified atom stereocenters. The molecule has 84 valence electrons. The minimum absolute atomic E-state index is 0.274. The van der Waals surface area contributed by atoms with Crippen LogP contribution < -0.4 is 11.5 Å².